The van der Waals surface area contributed by atoms with Gasteiger partial charge in [-0.15, -0.1) is 0 Å². The first-order valence-corrected chi connectivity index (χ1v) is 9.78. The van der Waals surface area contributed by atoms with Crippen LogP contribution in [0.15, 0.2) is 84.9 Å². The fourth-order valence-electron chi connectivity index (χ4n) is 2.65. The summed E-state index contributed by atoms with van der Waals surface area (Å²) in [5.74, 6) is 2.13. The Kier molecular flexibility index (Phi) is 5.34. The molecule has 3 heteroatoms. The summed E-state index contributed by atoms with van der Waals surface area (Å²) in [7, 11) is -2.14. The van der Waals surface area contributed by atoms with Gasteiger partial charge in [-0.1, -0.05) is 74.5 Å². The number of para-hydroxylation sites is 2. The Bertz CT molecular complexity index is 716. The van der Waals surface area contributed by atoms with Crippen molar-refractivity contribution in [3.63, 3.8) is 0 Å². The Morgan fingerprint density at radius 3 is 1.58 bits per heavy atom. The topological polar surface area (TPSA) is 18.5 Å². The lowest BCUT2D eigenvalue weighted by Gasteiger charge is -2.22. The van der Waals surface area contributed by atoms with Gasteiger partial charge in [0.25, 0.3) is 0 Å². The first-order valence-electron chi connectivity index (χ1n) is 8.26. The monoisotopic (exact) mass is 334 g/mol. The number of hydrogen-bond acceptors (Lipinski definition) is 2. The summed E-state index contributed by atoms with van der Waals surface area (Å²) in [6, 6.07) is 28.3. The zero-order valence-electron chi connectivity index (χ0n) is 14.1. The van der Waals surface area contributed by atoms with Gasteiger partial charge in [0.2, 0.25) is 0 Å². The molecule has 0 aliphatic carbocycles. The van der Waals surface area contributed by atoms with Gasteiger partial charge in [-0.2, -0.15) is 0 Å². The normalized spacial score (nSPS) is 10.8. The van der Waals surface area contributed by atoms with Crippen LogP contribution in [0.25, 0.3) is 0 Å². The predicted octanol–water partition coefficient (Wildman–Crippen LogP) is 4.40. The van der Waals surface area contributed by atoms with E-state index in [1.54, 1.807) is 0 Å². The minimum absolute atomic E-state index is 0.426. The van der Waals surface area contributed by atoms with Crippen molar-refractivity contribution in [2.24, 2.45) is 0 Å². The highest BCUT2D eigenvalue weighted by Gasteiger charge is 2.24. The third-order valence-electron chi connectivity index (χ3n) is 3.84. The van der Waals surface area contributed by atoms with Crippen molar-refractivity contribution in [1.29, 1.82) is 0 Å². The minimum Gasteiger partial charge on any atom is -0.511 e. The summed E-state index contributed by atoms with van der Waals surface area (Å²) in [4.78, 5) is 0. The maximum atomic E-state index is 6.31. The molecule has 0 saturated carbocycles. The van der Waals surface area contributed by atoms with E-state index in [1.165, 1.54) is 10.8 Å². The molecule has 0 spiro atoms. The molecule has 0 radical (unpaired) electrons. The number of rotatable bonds is 6. The molecule has 0 fully saturated rings. The Morgan fingerprint density at radius 1 is 0.625 bits per heavy atom. The molecule has 0 aromatic heterocycles. The molecule has 2 nitrogen and oxygen atoms in total. The molecule has 0 bridgehead atoms. The van der Waals surface area contributed by atoms with Crippen LogP contribution in [0.5, 0.6) is 11.5 Å². The van der Waals surface area contributed by atoms with Gasteiger partial charge < -0.3 is 8.85 Å². The highest BCUT2D eigenvalue weighted by atomic mass is 28.3. The van der Waals surface area contributed by atoms with Crippen molar-refractivity contribution >= 4 is 14.5 Å². The summed E-state index contributed by atoms with van der Waals surface area (Å²) >= 11 is 0. The van der Waals surface area contributed by atoms with E-state index in [0.717, 1.165) is 11.5 Å². The summed E-state index contributed by atoms with van der Waals surface area (Å²) < 4.78 is 12.6. The number of hydrogen-bond donors (Lipinski definition) is 0. The lowest BCUT2D eigenvalue weighted by molar-refractivity contribution is 0.438. The molecule has 0 amide bonds. The van der Waals surface area contributed by atoms with Crippen molar-refractivity contribution in [2.75, 3.05) is 0 Å². The summed E-state index contributed by atoms with van der Waals surface area (Å²) in [6.07, 6.45) is 0. The van der Waals surface area contributed by atoms with Gasteiger partial charge >= 0.3 is 9.28 Å². The van der Waals surface area contributed by atoms with Crippen molar-refractivity contribution < 1.29 is 8.85 Å². The van der Waals surface area contributed by atoms with Gasteiger partial charge in [-0.3, -0.25) is 0 Å². The Labute approximate surface area is 145 Å². The van der Waals surface area contributed by atoms with Crippen LogP contribution >= 0.6 is 0 Å². The van der Waals surface area contributed by atoms with E-state index >= 15 is 0 Å². The molecular formula is C21H22O2Si. The second-order valence-corrected chi connectivity index (χ2v) is 7.73. The molecule has 0 atom stereocenters. The van der Waals surface area contributed by atoms with E-state index in [2.05, 4.69) is 38.1 Å². The van der Waals surface area contributed by atoms with Crippen LogP contribution in [-0.2, 0) is 0 Å². The van der Waals surface area contributed by atoms with Crippen molar-refractivity contribution in [1.82, 2.24) is 0 Å². The first kappa shape index (κ1) is 16.3. The Hall–Kier alpha value is -2.52. The van der Waals surface area contributed by atoms with Gasteiger partial charge in [0.15, 0.2) is 0 Å². The zero-order valence-corrected chi connectivity index (χ0v) is 15.2. The molecule has 3 rings (SSSR count). The fourth-order valence-corrected chi connectivity index (χ4v) is 4.73. The van der Waals surface area contributed by atoms with Crippen LogP contribution in [-0.4, -0.2) is 9.28 Å². The standard InChI is InChI=1S/C21H22O2Si/c1-17(2)20-15-9-10-16-21(20)24(22-18-11-5-3-6-12-18)23-19-13-7-4-8-14-19/h3-17,24H,1-2H3. The highest BCUT2D eigenvalue weighted by Crippen LogP contribution is 2.18. The van der Waals surface area contributed by atoms with Crippen LogP contribution in [0, 0.1) is 0 Å². The van der Waals surface area contributed by atoms with Crippen molar-refractivity contribution in [3.8, 4) is 11.5 Å². The van der Waals surface area contributed by atoms with E-state index in [0.29, 0.717) is 5.92 Å². The lowest BCUT2D eigenvalue weighted by atomic mass is 10.0. The largest absolute Gasteiger partial charge is 0.511 e. The summed E-state index contributed by atoms with van der Waals surface area (Å²) in [5.41, 5.74) is 1.29. The maximum Gasteiger partial charge on any atom is 0.479 e. The van der Waals surface area contributed by atoms with E-state index in [1.807, 2.05) is 60.7 Å². The molecule has 0 aliphatic rings. The van der Waals surface area contributed by atoms with E-state index in [9.17, 15) is 0 Å². The average molecular weight is 334 g/mol. The Balaban J connectivity index is 1.95. The van der Waals surface area contributed by atoms with Crippen LogP contribution in [0.1, 0.15) is 25.3 Å². The summed E-state index contributed by atoms with van der Waals surface area (Å²) in [5, 5.41) is 1.19. The third-order valence-corrected chi connectivity index (χ3v) is 5.85. The Morgan fingerprint density at radius 2 is 1.08 bits per heavy atom. The molecule has 0 saturated heterocycles. The van der Waals surface area contributed by atoms with Crippen molar-refractivity contribution in [3.05, 3.63) is 90.5 Å². The average Bonchev–Trinajstić information content (AvgIpc) is 2.63. The molecule has 3 aromatic carbocycles. The third kappa shape index (κ3) is 4.06. The van der Waals surface area contributed by atoms with Gasteiger partial charge in [-0.05, 0) is 35.7 Å². The van der Waals surface area contributed by atoms with Gasteiger partial charge in [0.05, 0.1) is 0 Å². The number of benzene rings is 3. The summed E-state index contributed by atoms with van der Waals surface area (Å²) in [6.45, 7) is 4.41. The molecular weight excluding hydrogens is 312 g/mol. The zero-order chi connectivity index (χ0) is 16.8. The van der Waals surface area contributed by atoms with E-state index < -0.39 is 9.28 Å². The molecule has 24 heavy (non-hydrogen) atoms. The molecule has 3 aromatic rings. The lowest BCUT2D eigenvalue weighted by Crippen LogP contribution is -2.44. The van der Waals surface area contributed by atoms with E-state index in [-0.39, 0.29) is 0 Å². The SMILES string of the molecule is CC(C)c1ccccc1[SiH](Oc1ccccc1)Oc1ccccc1. The second kappa shape index (κ2) is 7.84. The van der Waals surface area contributed by atoms with Gasteiger partial charge in [0.1, 0.15) is 11.5 Å². The van der Waals surface area contributed by atoms with Gasteiger partial charge in [0, 0.05) is 5.19 Å². The molecule has 122 valence electrons. The van der Waals surface area contributed by atoms with Crippen LogP contribution in [0.2, 0.25) is 0 Å². The second-order valence-electron chi connectivity index (χ2n) is 5.98. The van der Waals surface area contributed by atoms with Crippen LogP contribution < -0.4 is 14.0 Å². The molecule has 0 heterocycles. The first-order chi connectivity index (χ1) is 11.7. The predicted molar refractivity (Wildman–Crippen MR) is 101 cm³/mol. The maximum absolute atomic E-state index is 6.31. The van der Waals surface area contributed by atoms with Crippen LogP contribution in [0.4, 0.5) is 0 Å². The smallest absolute Gasteiger partial charge is 0.479 e. The molecule has 0 aliphatic heterocycles. The fraction of sp³-hybridized carbons (Fsp3) is 0.143. The van der Waals surface area contributed by atoms with E-state index in [4.69, 9.17) is 8.85 Å². The minimum atomic E-state index is -2.14. The van der Waals surface area contributed by atoms with Crippen LogP contribution in [0.3, 0.4) is 0 Å². The quantitative estimate of drug-likeness (QED) is 0.622. The highest BCUT2D eigenvalue weighted by molar-refractivity contribution is 6.63. The molecule has 0 N–H and O–H groups in total. The van der Waals surface area contributed by atoms with Crippen molar-refractivity contribution in [2.45, 2.75) is 19.8 Å². The molecule has 0 unspecified atom stereocenters. The van der Waals surface area contributed by atoms with Gasteiger partial charge in [-0.25, -0.2) is 0 Å².